The molecule has 0 aliphatic carbocycles. The molecule has 256 valence electrons. The molecule has 0 radical (unpaired) electrons. The van der Waals surface area contributed by atoms with Gasteiger partial charge in [0.15, 0.2) is 0 Å². The van der Waals surface area contributed by atoms with E-state index in [2.05, 4.69) is 180 Å². The molecule has 3 aromatic heterocycles. The number of benzene rings is 9. The van der Waals surface area contributed by atoms with E-state index in [4.69, 9.17) is 8.83 Å². The van der Waals surface area contributed by atoms with Crippen molar-refractivity contribution in [2.45, 2.75) is 0 Å². The van der Waals surface area contributed by atoms with Crippen LogP contribution in [0.3, 0.4) is 0 Å². The van der Waals surface area contributed by atoms with E-state index in [9.17, 15) is 0 Å². The molecule has 0 unspecified atom stereocenters. The predicted octanol–water partition coefficient (Wildman–Crippen LogP) is 14.7. The highest BCUT2D eigenvalue weighted by atomic mass is 16.3. The Hall–Kier alpha value is -7.36. The molecule has 0 fully saturated rings. The second kappa shape index (κ2) is 11.6. The molecule has 3 heteroatoms. The third kappa shape index (κ3) is 4.26. The number of hydrogen-bond acceptors (Lipinski definition) is 2. The lowest BCUT2D eigenvalue weighted by atomic mass is 9.85. The van der Waals surface area contributed by atoms with Crippen molar-refractivity contribution in [1.29, 1.82) is 0 Å². The van der Waals surface area contributed by atoms with Gasteiger partial charge in [-0.1, -0.05) is 146 Å². The van der Waals surface area contributed by atoms with Gasteiger partial charge in [-0.3, -0.25) is 0 Å². The third-order valence-electron chi connectivity index (χ3n) is 11.4. The number of rotatable bonds is 4. The van der Waals surface area contributed by atoms with Crippen LogP contribution in [0, 0.1) is 0 Å². The lowest BCUT2D eigenvalue weighted by Gasteiger charge is -2.18. The van der Waals surface area contributed by atoms with Crippen LogP contribution in [-0.2, 0) is 0 Å². The van der Waals surface area contributed by atoms with Crippen LogP contribution in [0.1, 0.15) is 0 Å². The van der Waals surface area contributed by atoms with Gasteiger partial charge in [-0.15, -0.1) is 0 Å². The minimum absolute atomic E-state index is 0.802. The summed E-state index contributed by atoms with van der Waals surface area (Å²) in [5.74, 6) is 0.840. The predicted molar refractivity (Wildman–Crippen MR) is 229 cm³/mol. The molecule has 0 spiro atoms. The first-order chi connectivity index (χ1) is 27.3. The summed E-state index contributed by atoms with van der Waals surface area (Å²) in [6.07, 6.45) is 0. The fraction of sp³-hybridized carbons (Fsp3) is 0. The van der Waals surface area contributed by atoms with Crippen LogP contribution >= 0.6 is 0 Å². The van der Waals surface area contributed by atoms with Gasteiger partial charge in [-0.25, -0.2) is 0 Å². The molecule has 12 rings (SSSR count). The molecule has 9 aromatic carbocycles. The Balaban J connectivity index is 1.23. The zero-order valence-corrected chi connectivity index (χ0v) is 29.7. The normalized spacial score (nSPS) is 12.0. The minimum Gasteiger partial charge on any atom is -0.455 e. The van der Waals surface area contributed by atoms with Gasteiger partial charge in [-0.2, -0.15) is 0 Å². The van der Waals surface area contributed by atoms with E-state index in [1.165, 1.54) is 43.7 Å². The van der Waals surface area contributed by atoms with E-state index in [0.717, 1.165) is 71.8 Å². The number of para-hydroxylation sites is 3. The average Bonchev–Trinajstić information content (AvgIpc) is 3.93. The maximum absolute atomic E-state index is 7.12. The maximum Gasteiger partial charge on any atom is 0.147 e. The molecule has 3 heterocycles. The largest absolute Gasteiger partial charge is 0.455 e. The summed E-state index contributed by atoms with van der Waals surface area (Å²) in [4.78, 5) is 0. The van der Waals surface area contributed by atoms with Crippen LogP contribution in [0.5, 0.6) is 0 Å². The second-order valence-electron chi connectivity index (χ2n) is 14.3. The second-order valence-corrected chi connectivity index (χ2v) is 14.3. The average molecular weight is 702 g/mol. The lowest BCUT2D eigenvalue weighted by molar-refractivity contribution is 0.633. The van der Waals surface area contributed by atoms with Crippen molar-refractivity contribution in [2.75, 3.05) is 0 Å². The zero-order chi connectivity index (χ0) is 36.0. The quantitative estimate of drug-likeness (QED) is 0.171. The fourth-order valence-corrected chi connectivity index (χ4v) is 9.17. The Labute approximate surface area is 315 Å². The van der Waals surface area contributed by atoms with Gasteiger partial charge in [0, 0.05) is 38.4 Å². The van der Waals surface area contributed by atoms with Crippen molar-refractivity contribution in [3.8, 4) is 39.3 Å². The maximum atomic E-state index is 7.12. The van der Waals surface area contributed by atoms with Gasteiger partial charge in [-0.05, 0) is 80.7 Å². The Morgan fingerprint density at radius 2 is 0.909 bits per heavy atom. The zero-order valence-electron chi connectivity index (χ0n) is 29.7. The lowest BCUT2D eigenvalue weighted by Crippen LogP contribution is -1.94. The van der Waals surface area contributed by atoms with E-state index in [1.54, 1.807) is 0 Å². The molecular weight excluding hydrogens is 671 g/mol. The van der Waals surface area contributed by atoms with Crippen LogP contribution in [0.4, 0.5) is 0 Å². The number of nitrogens with zero attached hydrogens (tertiary/aromatic N) is 1. The molecule has 0 bridgehead atoms. The molecule has 0 atom stereocenters. The molecule has 0 saturated heterocycles. The Morgan fingerprint density at radius 3 is 1.64 bits per heavy atom. The summed E-state index contributed by atoms with van der Waals surface area (Å²) in [5, 5.41) is 10.3. The summed E-state index contributed by atoms with van der Waals surface area (Å²) in [6, 6.07) is 67.0. The SMILES string of the molecule is c1ccc(-c2c(-c3c4ccccc4c(-c4cccc5c4c4ccccc4n5-c4ccccc4)c4ccccc34)oc3ccc4c5ccccc5oc4c23)cc1. The summed E-state index contributed by atoms with van der Waals surface area (Å²) >= 11 is 0. The molecule has 0 amide bonds. The van der Waals surface area contributed by atoms with Gasteiger partial charge in [0.1, 0.15) is 22.5 Å². The monoisotopic (exact) mass is 701 g/mol. The standard InChI is InChI=1S/C52H31NO2/c1-3-16-32(17-4-1)46-50-45(31-30-39-34-20-12-14-29-44(34)54-51(39)50)55-52(46)49-37-23-9-7-21-35(37)47(36-22-8-10-24-38(36)49)41-26-15-28-43-48(41)40-25-11-13-27-42(40)53(43)33-18-5-2-6-19-33/h1-31H. The summed E-state index contributed by atoms with van der Waals surface area (Å²) < 4.78 is 16.2. The first-order valence-electron chi connectivity index (χ1n) is 18.8. The molecular formula is C52H31NO2. The topological polar surface area (TPSA) is 31.2 Å². The molecule has 12 aromatic rings. The third-order valence-corrected chi connectivity index (χ3v) is 11.4. The Bertz CT molecular complexity index is 3420. The highest BCUT2D eigenvalue weighted by Gasteiger charge is 2.27. The van der Waals surface area contributed by atoms with E-state index in [-0.39, 0.29) is 0 Å². The van der Waals surface area contributed by atoms with Gasteiger partial charge in [0.25, 0.3) is 0 Å². The van der Waals surface area contributed by atoms with E-state index >= 15 is 0 Å². The van der Waals surface area contributed by atoms with Crippen LogP contribution in [0.25, 0.3) is 116 Å². The molecule has 3 nitrogen and oxygen atoms in total. The number of furan rings is 2. The first-order valence-corrected chi connectivity index (χ1v) is 18.8. The van der Waals surface area contributed by atoms with Gasteiger partial charge >= 0.3 is 0 Å². The van der Waals surface area contributed by atoms with E-state index in [0.29, 0.717) is 0 Å². The van der Waals surface area contributed by atoms with Crippen molar-refractivity contribution < 1.29 is 8.83 Å². The molecule has 0 saturated carbocycles. The number of hydrogen-bond donors (Lipinski definition) is 0. The molecule has 0 aliphatic rings. The molecule has 55 heavy (non-hydrogen) atoms. The van der Waals surface area contributed by atoms with E-state index in [1.807, 2.05) is 12.1 Å². The summed E-state index contributed by atoms with van der Waals surface area (Å²) in [7, 11) is 0. The van der Waals surface area contributed by atoms with E-state index < -0.39 is 0 Å². The number of fused-ring (bicyclic) bond motifs is 10. The highest BCUT2D eigenvalue weighted by Crippen LogP contribution is 2.52. The van der Waals surface area contributed by atoms with Crippen LogP contribution < -0.4 is 0 Å². The summed E-state index contributed by atoms with van der Waals surface area (Å²) in [5.41, 5.74) is 11.7. The van der Waals surface area contributed by atoms with Crippen molar-refractivity contribution in [1.82, 2.24) is 4.57 Å². The van der Waals surface area contributed by atoms with Crippen molar-refractivity contribution >= 4 is 76.3 Å². The fourth-order valence-electron chi connectivity index (χ4n) is 9.17. The summed E-state index contributed by atoms with van der Waals surface area (Å²) in [6.45, 7) is 0. The Kier molecular flexibility index (Phi) is 6.34. The van der Waals surface area contributed by atoms with Gasteiger partial charge in [0.05, 0.1) is 16.4 Å². The minimum atomic E-state index is 0.802. The molecule has 0 aliphatic heterocycles. The number of aromatic nitrogens is 1. The van der Waals surface area contributed by atoms with Crippen molar-refractivity contribution in [2.24, 2.45) is 0 Å². The Morgan fingerprint density at radius 1 is 0.327 bits per heavy atom. The van der Waals surface area contributed by atoms with Crippen LogP contribution in [0.15, 0.2) is 197 Å². The highest BCUT2D eigenvalue weighted by molar-refractivity contribution is 6.28. The van der Waals surface area contributed by atoms with Crippen molar-refractivity contribution in [3.05, 3.63) is 188 Å². The van der Waals surface area contributed by atoms with Crippen LogP contribution in [0.2, 0.25) is 0 Å². The van der Waals surface area contributed by atoms with Crippen LogP contribution in [-0.4, -0.2) is 4.57 Å². The van der Waals surface area contributed by atoms with Crippen molar-refractivity contribution in [3.63, 3.8) is 0 Å². The molecule has 0 N–H and O–H groups in total. The first kappa shape index (κ1) is 30.1. The van der Waals surface area contributed by atoms with Gasteiger partial charge in [0.2, 0.25) is 0 Å². The van der Waals surface area contributed by atoms with Gasteiger partial charge < -0.3 is 13.4 Å². The smallest absolute Gasteiger partial charge is 0.147 e.